The molecule has 0 unspecified atom stereocenters. The summed E-state index contributed by atoms with van der Waals surface area (Å²) in [5, 5.41) is 1.35. The van der Waals surface area contributed by atoms with Gasteiger partial charge in [-0.05, 0) is 50.2 Å². The monoisotopic (exact) mass is 278 g/mol. The molecule has 2 nitrogen and oxygen atoms in total. The van der Waals surface area contributed by atoms with Crippen molar-refractivity contribution < 1.29 is 0 Å². The molecule has 1 aromatic heterocycles. The molecule has 84 valence electrons. The minimum absolute atomic E-state index is 0.586. The van der Waals surface area contributed by atoms with E-state index in [1.807, 2.05) is 0 Å². The summed E-state index contributed by atoms with van der Waals surface area (Å²) in [6.07, 6.45) is 4.75. The first-order chi connectivity index (χ1) is 7.75. The van der Waals surface area contributed by atoms with Gasteiger partial charge in [-0.1, -0.05) is 15.9 Å². The number of nitrogens with zero attached hydrogens (tertiary/aromatic N) is 1. The van der Waals surface area contributed by atoms with E-state index >= 15 is 0 Å². The van der Waals surface area contributed by atoms with Gasteiger partial charge in [0.15, 0.2) is 0 Å². The molecule has 1 saturated heterocycles. The second kappa shape index (κ2) is 3.90. The van der Waals surface area contributed by atoms with Gasteiger partial charge < -0.3 is 4.98 Å². The smallest absolute Gasteiger partial charge is 0.0458 e. The van der Waals surface area contributed by atoms with Crippen LogP contribution in [0.1, 0.15) is 24.4 Å². The number of H-pyrrole nitrogens is 1. The first-order valence-corrected chi connectivity index (χ1v) is 6.52. The third-order valence-electron chi connectivity index (χ3n) is 3.56. The lowest BCUT2D eigenvalue weighted by Gasteiger charge is -2.18. The zero-order chi connectivity index (χ0) is 11.1. The lowest BCUT2D eigenvalue weighted by atomic mass is 10.0. The molecule has 0 aliphatic carbocycles. The van der Waals surface area contributed by atoms with Crippen LogP contribution in [0.25, 0.3) is 10.9 Å². The quantitative estimate of drug-likeness (QED) is 0.843. The normalized spacial score (nSPS) is 22.0. The van der Waals surface area contributed by atoms with E-state index < -0.39 is 0 Å². The molecule has 0 amide bonds. The molecule has 1 fully saturated rings. The van der Waals surface area contributed by atoms with E-state index in [1.54, 1.807) is 0 Å². The van der Waals surface area contributed by atoms with Crippen LogP contribution in [0.4, 0.5) is 0 Å². The summed E-state index contributed by atoms with van der Waals surface area (Å²) >= 11 is 3.55. The molecule has 0 bridgehead atoms. The number of fused-ring (bicyclic) bond motifs is 1. The molecular formula is C13H15BrN2. The highest BCUT2D eigenvalue weighted by Gasteiger charge is 2.24. The summed E-state index contributed by atoms with van der Waals surface area (Å²) in [4.78, 5) is 5.81. The largest absolute Gasteiger partial charge is 0.361 e. The third kappa shape index (κ3) is 1.59. The van der Waals surface area contributed by atoms with Crippen LogP contribution < -0.4 is 0 Å². The summed E-state index contributed by atoms with van der Waals surface area (Å²) in [5.74, 6) is 0. The van der Waals surface area contributed by atoms with Crippen molar-refractivity contribution in [2.24, 2.45) is 0 Å². The second-order valence-corrected chi connectivity index (χ2v) is 5.49. The van der Waals surface area contributed by atoms with E-state index in [2.05, 4.69) is 57.3 Å². The molecule has 3 rings (SSSR count). The van der Waals surface area contributed by atoms with Crippen LogP contribution in [0, 0.1) is 0 Å². The first-order valence-electron chi connectivity index (χ1n) is 5.72. The Bertz CT molecular complexity index is 518. The topological polar surface area (TPSA) is 19.0 Å². The summed E-state index contributed by atoms with van der Waals surface area (Å²) in [6.45, 7) is 1.21. The summed E-state index contributed by atoms with van der Waals surface area (Å²) < 4.78 is 1.15. The number of halogens is 1. The van der Waals surface area contributed by atoms with Crippen LogP contribution in [0.3, 0.4) is 0 Å². The third-order valence-corrected chi connectivity index (χ3v) is 4.05. The molecule has 16 heavy (non-hydrogen) atoms. The predicted molar refractivity (Wildman–Crippen MR) is 70.6 cm³/mol. The van der Waals surface area contributed by atoms with Crippen LogP contribution in [0.2, 0.25) is 0 Å². The highest BCUT2D eigenvalue weighted by molar-refractivity contribution is 9.10. The second-order valence-electron chi connectivity index (χ2n) is 4.57. The fourth-order valence-electron chi connectivity index (χ4n) is 2.69. The molecule has 1 atom stereocenters. The maximum atomic E-state index is 3.55. The van der Waals surface area contributed by atoms with E-state index in [-0.39, 0.29) is 0 Å². The summed E-state index contributed by atoms with van der Waals surface area (Å²) in [6, 6.07) is 7.02. The van der Waals surface area contributed by atoms with Crippen LogP contribution in [-0.2, 0) is 0 Å². The zero-order valence-electron chi connectivity index (χ0n) is 9.33. The number of hydrogen-bond acceptors (Lipinski definition) is 1. The van der Waals surface area contributed by atoms with E-state index in [4.69, 9.17) is 0 Å². The Morgan fingerprint density at radius 3 is 3.06 bits per heavy atom. The van der Waals surface area contributed by atoms with Gasteiger partial charge in [0.1, 0.15) is 0 Å². The van der Waals surface area contributed by atoms with Gasteiger partial charge in [0.2, 0.25) is 0 Å². The van der Waals surface area contributed by atoms with Crippen molar-refractivity contribution in [1.29, 1.82) is 0 Å². The average Bonchev–Trinajstić information content (AvgIpc) is 2.83. The molecule has 1 N–H and O–H groups in total. The highest BCUT2D eigenvalue weighted by Crippen LogP contribution is 2.35. The number of nitrogens with one attached hydrogen (secondary N) is 1. The van der Waals surface area contributed by atoms with Crippen molar-refractivity contribution in [3.05, 3.63) is 34.4 Å². The van der Waals surface area contributed by atoms with Crippen molar-refractivity contribution in [2.45, 2.75) is 18.9 Å². The Hall–Kier alpha value is -0.800. The van der Waals surface area contributed by atoms with Crippen molar-refractivity contribution >= 4 is 26.8 Å². The van der Waals surface area contributed by atoms with E-state index in [9.17, 15) is 0 Å². The van der Waals surface area contributed by atoms with E-state index in [1.165, 1.54) is 35.9 Å². The Kier molecular flexibility index (Phi) is 2.52. The number of likely N-dealkylation sites (tertiary alicyclic amines) is 1. The summed E-state index contributed by atoms with van der Waals surface area (Å²) in [7, 11) is 2.22. The first kappa shape index (κ1) is 10.4. The van der Waals surface area contributed by atoms with Gasteiger partial charge in [-0.25, -0.2) is 0 Å². The van der Waals surface area contributed by atoms with Gasteiger partial charge in [-0.15, -0.1) is 0 Å². The minimum Gasteiger partial charge on any atom is -0.361 e. The SMILES string of the molecule is CN1CCC[C@@H]1c1c[nH]c2ccc(Br)cc12. The lowest BCUT2D eigenvalue weighted by molar-refractivity contribution is 0.319. The summed E-state index contributed by atoms with van der Waals surface area (Å²) in [5.41, 5.74) is 2.68. The number of hydrogen-bond donors (Lipinski definition) is 1. The van der Waals surface area contributed by atoms with Crippen LogP contribution >= 0.6 is 15.9 Å². The Balaban J connectivity index is 2.12. The molecule has 0 spiro atoms. The number of aromatic amines is 1. The van der Waals surface area contributed by atoms with E-state index in [0.29, 0.717) is 6.04 Å². The standard InChI is InChI=1S/C13H15BrN2/c1-16-6-2-3-13(16)11-8-15-12-5-4-9(14)7-10(11)12/h4-5,7-8,13,15H,2-3,6H2,1H3/t13-/m1/s1. The van der Waals surface area contributed by atoms with Crippen LogP contribution in [0.5, 0.6) is 0 Å². The fourth-order valence-corrected chi connectivity index (χ4v) is 3.05. The molecule has 1 aliphatic heterocycles. The van der Waals surface area contributed by atoms with E-state index in [0.717, 1.165) is 4.47 Å². The molecule has 2 aromatic rings. The molecule has 2 heterocycles. The van der Waals surface area contributed by atoms with Crippen molar-refractivity contribution in [2.75, 3.05) is 13.6 Å². The zero-order valence-corrected chi connectivity index (χ0v) is 10.9. The Morgan fingerprint density at radius 2 is 2.31 bits per heavy atom. The van der Waals surface area contributed by atoms with Gasteiger partial charge in [0, 0.05) is 27.6 Å². The van der Waals surface area contributed by atoms with Crippen molar-refractivity contribution in [3.63, 3.8) is 0 Å². The molecule has 1 aromatic carbocycles. The predicted octanol–water partition coefficient (Wildman–Crippen LogP) is 3.70. The van der Waals surface area contributed by atoms with Gasteiger partial charge >= 0.3 is 0 Å². The van der Waals surface area contributed by atoms with Gasteiger partial charge in [-0.2, -0.15) is 0 Å². The van der Waals surface area contributed by atoms with Crippen molar-refractivity contribution in [3.8, 4) is 0 Å². The fraction of sp³-hybridized carbons (Fsp3) is 0.385. The Morgan fingerprint density at radius 1 is 1.44 bits per heavy atom. The van der Waals surface area contributed by atoms with Gasteiger partial charge in [-0.3, -0.25) is 4.90 Å². The average molecular weight is 279 g/mol. The van der Waals surface area contributed by atoms with Gasteiger partial charge in [0.05, 0.1) is 0 Å². The van der Waals surface area contributed by atoms with Crippen LogP contribution in [0.15, 0.2) is 28.9 Å². The molecule has 1 aliphatic rings. The van der Waals surface area contributed by atoms with Crippen LogP contribution in [-0.4, -0.2) is 23.5 Å². The molecule has 0 saturated carbocycles. The number of benzene rings is 1. The highest BCUT2D eigenvalue weighted by atomic mass is 79.9. The Labute approximate surface area is 104 Å². The molecule has 3 heteroatoms. The van der Waals surface area contributed by atoms with Gasteiger partial charge in [0.25, 0.3) is 0 Å². The lowest BCUT2D eigenvalue weighted by Crippen LogP contribution is -2.17. The minimum atomic E-state index is 0.586. The maximum Gasteiger partial charge on any atom is 0.0458 e. The number of rotatable bonds is 1. The molecule has 0 radical (unpaired) electrons. The maximum absolute atomic E-state index is 3.55. The molecular weight excluding hydrogens is 264 g/mol. The number of aromatic nitrogens is 1. The van der Waals surface area contributed by atoms with Crippen molar-refractivity contribution in [1.82, 2.24) is 9.88 Å².